The van der Waals surface area contributed by atoms with E-state index in [1.807, 2.05) is 6.92 Å². The number of hydrogen-bond acceptors (Lipinski definition) is 4. The lowest BCUT2D eigenvalue weighted by molar-refractivity contribution is -0.133. The number of ether oxygens (including phenoxy) is 1. The van der Waals surface area contributed by atoms with Gasteiger partial charge in [0, 0.05) is 25.7 Å². The summed E-state index contributed by atoms with van der Waals surface area (Å²) >= 11 is 0. The number of carbonyl (C=O) groups is 3. The molecule has 0 aromatic carbocycles. The molecule has 0 spiro atoms. The zero-order valence-corrected chi connectivity index (χ0v) is 13.2. The second kappa shape index (κ2) is 5.44. The topological polar surface area (TPSA) is 70.2 Å². The molecular formula is C15H23N3O4. The molecule has 7 heteroatoms. The zero-order valence-electron chi connectivity index (χ0n) is 13.2. The number of urea groups is 1. The molecule has 0 radical (unpaired) electrons. The van der Waals surface area contributed by atoms with Crippen LogP contribution < -0.4 is 0 Å². The van der Waals surface area contributed by atoms with E-state index >= 15 is 0 Å². The fourth-order valence-electron chi connectivity index (χ4n) is 3.81. The third-order valence-electron chi connectivity index (χ3n) is 5.11. The van der Waals surface area contributed by atoms with Crippen molar-refractivity contribution < 1.29 is 19.1 Å². The average Bonchev–Trinajstić information content (AvgIpc) is 2.98. The summed E-state index contributed by atoms with van der Waals surface area (Å²) in [7, 11) is 0. The Morgan fingerprint density at radius 3 is 2.55 bits per heavy atom. The van der Waals surface area contributed by atoms with Gasteiger partial charge in [-0.15, -0.1) is 0 Å². The standard InChI is InChI=1S/C15H23N3O4/c1-3-22-14(21)16-9-5-11(6-10-16)18-12(19)15(2)7-4-8-17(15)13(18)20/h11H,3-10H2,1-2H3. The first-order valence-corrected chi connectivity index (χ1v) is 8.06. The Morgan fingerprint density at radius 1 is 1.27 bits per heavy atom. The predicted molar refractivity (Wildman–Crippen MR) is 78.2 cm³/mol. The molecule has 1 unspecified atom stereocenters. The number of hydrogen-bond donors (Lipinski definition) is 0. The molecule has 3 aliphatic heterocycles. The number of likely N-dealkylation sites (tertiary alicyclic amines) is 1. The van der Waals surface area contributed by atoms with E-state index in [0.717, 1.165) is 12.8 Å². The fourth-order valence-corrected chi connectivity index (χ4v) is 3.81. The first kappa shape index (κ1) is 15.1. The number of nitrogens with zero attached hydrogens (tertiary/aromatic N) is 3. The van der Waals surface area contributed by atoms with Crippen molar-refractivity contribution in [3.63, 3.8) is 0 Å². The molecule has 3 fully saturated rings. The second-order valence-corrected chi connectivity index (χ2v) is 6.40. The summed E-state index contributed by atoms with van der Waals surface area (Å²) in [6, 6.07) is -0.257. The summed E-state index contributed by atoms with van der Waals surface area (Å²) in [4.78, 5) is 41.8. The summed E-state index contributed by atoms with van der Waals surface area (Å²) in [5.41, 5.74) is -0.643. The molecule has 0 saturated carbocycles. The minimum absolute atomic E-state index is 0.0652. The minimum Gasteiger partial charge on any atom is -0.450 e. The van der Waals surface area contributed by atoms with Crippen LogP contribution in [0.1, 0.15) is 39.5 Å². The van der Waals surface area contributed by atoms with Crippen molar-refractivity contribution >= 4 is 18.0 Å². The van der Waals surface area contributed by atoms with Crippen molar-refractivity contribution in [3.8, 4) is 0 Å². The van der Waals surface area contributed by atoms with Crippen molar-refractivity contribution in [1.82, 2.24) is 14.7 Å². The Morgan fingerprint density at radius 2 is 1.95 bits per heavy atom. The maximum absolute atomic E-state index is 12.7. The monoisotopic (exact) mass is 309 g/mol. The summed E-state index contributed by atoms with van der Waals surface area (Å²) < 4.78 is 4.99. The van der Waals surface area contributed by atoms with Crippen LogP contribution in [-0.2, 0) is 9.53 Å². The molecule has 3 heterocycles. The third kappa shape index (κ3) is 2.14. The van der Waals surface area contributed by atoms with Crippen molar-refractivity contribution in [2.24, 2.45) is 0 Å². The lowest BCUT2D eigenvalue weighted by Gasteiger charge is -2.35. The lowest BCUT2D eigenvalue weighted by atomic mass is 9.97. The van der Waals surface area contributed by atoms with Gasteiger partial charge in [-0.2, -0.15) is 0 Å². The van der Waals surface area contributed by atoms with Gasteiger partial charge in [0.1, 0.15) is 5.54 Å². The predicted octanol–water partition coefficient (Wildman–Crippen LogP) is 1.42. The molecule has 3 aliphatic rings. The Kier molecular flexibility index (Phi) is 3.74. The third-order valence-corrected chi connectivity index (χ3v) is 5.11. The van der Waals surface area contributed by atoms with Gasteiger partial charge in [0.15, 0.2) is 0 Å². The molecule has 0 aromatic rings. The Hall–Kier alpha value is -1.79. The molecular weight excluding hydrogens is 286 g/mol. The van der Waals surface area contributed by atoms with Crippen molar-refractivity contribution in [3.05, 3.63) is 0 Å². The van der Waals surface area contributed by atoms with Gasteiger partial charge < -0.3 is 14.5 Å². The number of carbonyl (C=O) groups excluding carboxylic acids is 3. The van der Waals surface area contributed by atoms with E-state index in [9.17, 15) is 14.4 Å². The van der Waals surface area contributed by atoms with E-state index in [4.69, 9.17) is 4.74 Å². The molecule has 4 amide bonds. The smallest absolute Gasteiger partial charge is 0.409 e. The maximum atomic E-state index is 12.7. The van der Waals surface area contributed by atoms with Gasteiger partial charge in [-0.3, -0.25) is 9.69 Å². The molecule has 0 bridgehead atoms. The first-order valence-electron chi connectivity index (χ1n) is 8.06. The molecule has 3 saturated heterocycles. The van der Waals surface area contributed by atoms with Gasteiger partial charge >= 0.3 is 12.1 Å². The first-order chi connectivity index (χ1) is 10.5. The molecule has 122 valence electrons. The lowest BCUT2D eigenvalue weighted by Crippen LogP contribution is -2.50. The van der Waals surface area contributed by atoms with Crippen LogP contribution in [0.25, 0.3) is 0 Å². The van der Waals surface area contributed by atoms with Gasteiger partial charge in [0.25, 0.3) is 5.91 Å². The van der Waals surface area contributed by atoms with Crippen LogP contribution in [0.4, 0.5) is 9.59 Å². The molecule has 7 nitrogen and oxygen atoms in total. The summed E-state index contributed by atoms with van der Waals surface area (Å²) in [5, 5.41) is 0. The second-order valence-electron chi connectivity index (χ2n) is 6.40. The minimum atomic E-state index is -0.643. The quantitative estimate of drug-likeness (QED) is 0.723. The highest BCUT2D eigenvalue weighted by molar-refractivity contribution is 6.07. The van der Waals surface area contributed by atoms with Crippen LogP contribution in [0.2, 0.25) is 0 Å². The van der Waals surface area contributed by atoms with Gasteiger partial charge in [0.2, 0.25) is 0 Å². The number of imide groups is 1. The average molecular weight is 309 g/mol. The van der Waals surface area contributed by atoms with Crippen molar-refractivity contribution in [2.75, 3.05) is 26.2 Å². The van der Waals surface area contributed by atoms with E-state index in [1.165, 1.54) is 4.90 Å². The van der Waals surface area contributed by atoms with Gasteiger partial charge in [-0.05, 0) is 39.5 Å². The van der Waals surface area contributed by atoms with E-state index in [-0.39, 0.29) is 24.1 Å². The number of fused-ring (bicyclic) bond motifs is 1. The van der Waals surface area contributed by atoms with Crippen LogP contribution in [0.5, 0.6) is 0 Å². The van der Waals surface area contributed by atoms with Gasteiger partial charge in [-0.1, -0.05) is 0 Å². The number of rotatable bonds is 2. The Labute approximate surface area is 130 Å². The molecule has 22 heavy (non-hydrogen) atoms. The number of amides is 4. The van der Waals surface area contributed by atoms with Crippen LogP contribution in [0.15, 0.2) is 0 Å². The number of piperidine rings is 1. The van der Waals surface area contributed by atoms with Crippen LogP contribution >= 0.6 is 0 Å². The van der Waals surface area contributed by atoms with Crippen molar-refractivity contribution in [2.45, 2.75) is 51.1 Å². The summed E-state index contributed by atoms with van der Waals surface area (Å²) in [5.74, 6) is -0.0652. The van der Waals surface area contributed by atoms with Crippen LogP contribution in [-0.4, -0.2) is 70.6 Å². The summed E-state index contributed by atoms with van der Waals surface area (Å²) in [6.07, 6.45) is 2.58. The van der Waals surface area contributed by atoms with E-state index in [1.54, 1.807) is 16.7 Å². The molecule has 0 N–H and O–H groups in total. The normalized spacial score (nSPS) is 29.3. The highest BCUT2D eigenvalue weighted by Gasteiger charge is 2.58. The molecule has 0 aromatic heterocycles. The van der Waals surface area contributed by atoms with E-state index in [0.29, 0.717) is 39.1 Å². The van der Waals surface area contributed by atoms with Crippen molar-refractivity contribution in [1.29, 1.82) is 0 Å². The van der Waals surface area contributed by atoms with Crippen LogP contribution in [0.3, 0.4) is 0 Å². The highest BCUT2D eigenvalue weighted by atomic mass is 16.6. The maximum Gasteiger partial charge on any atom is 0.409 e. The Bertz CT molecular complexity index is 501. The van der Waals surface area contributed by atoms with Gasteiger partial charge in [-0.25, -0.2) is 9.59 Å². The fraction of sp³-hybridized carbons (Fsp3) is 0.800. The highest BCUT2D eigenvalue weighted by Crippen LogP contribution is 2.39. The van der Waals surface area contributed by atoms with E-state index < -0.39 is 5.54 Å². The molecule has 1 atom stereocenters. The molecule has 0 aliphatic carbocycles. The largest absolute Gasteiger partial charge is 0.450 e. The SMILES string of the molecule is CCOC(=O)N1CCC(N2C(=O)N3CCCC3(C)C2=O)CC1. The Balaban J connectivity index is 1.66. The van der Waals surface area contributed by atoms with Gasteiger partial charge in [0.05, 0.1) is 6.61 Å². The molecule has 3 rings (SSSR count). The van der Waals surface area contributed by atoms with Crippen LogP contribution in [0, 0.1) is 0 Å². The zero-order chi connectivity index (χ0) is 15.9. The summed E-state index contributed by atoms with van der Waals surface area (Å²) in [6.45, 7) is 5.72. The van der Waals surface area contributed by atoms with E-state index in [2.05, 4.69) is 0 Å².